The predicted molar refractivity (Wildman–Crippen MR) is 64.6 cm³/mol. The molecule has 5 heteroatoms. The van der Waals surface area contributed by atoms with Gasteiger partial charge in [-0.2, -0.15) is 13.2 Å². The Balaban J connectivity index is 2.65. The average molecular weight is 261 g/mol. The van der Waals surface area contributed by atoms with Crippen LogP contribution in [0.1, 0.15) is 22.7 Å². The van der Waals surface area contributed by atoms with Crippen LogP contribution in [0.2, 0.25) is 0 Å². The number of alkyl halides is 3. The minimum Gasteiger partial charge on any atom is -0.370 e. The van der Waals surface area contributed by atoms with Crippen LogP contribution in [-0.2, 0) is 4.74 Å². The molecule has 0 aliphatic rings. The van der Waals surface area contributed by atoms with E-state index >= 15 is 0 Å². The van der Waals surface area contributed by atoms with Crippen molar-refractivity contribution >= 4 is 0 Å². The van der Waals surface area contributed by atoms with E-state index in [1.54, 1.807) is 7.05 Å². The van der Waals surface area contributed by atoms with Crippen molar-refractivity contribution in [3.05, 3.63) is 34.9 Å². The van der Waals surface area contributed by atoms with Gasteiger partial charge in [0, 0.05) is 0 Å². The molecule has 102 valence electrons. The van der Waals surface area contributed by atoms with Crippen molar-refractivity contribution in [2.45, 2.75) is 26.1 Å². The number of likely N-dealkylation sites (N-methyl/N-ethyl adjacent to an activating group) is 1. The Hall–Kier alpha value is -1.07. The van der Waals surface area contributed by atoms with E-state index in [-0.39, 0.29) is 12.6 Å². The fourth-order valence-corrected chi connectivity index (χ4v) is 1.85. The third-order valence-electron chi connectivity index (χ3n) is 2.55. The summed E-state index contributed by atoms with van der Waals surface area (Å²) >= 11 is 0. The van der Waals surface area contributed by atoms with Crippen molar-refractivity contribution in [3.8, 4) is 0 Å². The fraction of sp³-hybridized carbons (Fsp3) is 0.538. The number of ether oxygens (including phenoxy) is 1. The van der Waals surface area contributed by atoms with Crippen LogP contribution in [0.5, 0.6) is 0 Å². The molecule has 0 saturated carbocycles. The molecule has 1 N–H and O–H groups in total. The number of nitrogens with one attached hydrogen (secondary N) is 1. The number of hydrogen-bond acceptors (Lipinski definition) is 2. The highest BCUT2D eigenvalue weighted by atomic mass is 19.4. The monoisotopic (exact) mass is 261 g/mol. The van der Waals surface area contributed by atoms with E-state index in [0.717, 1.165) is 16.7 Å². The van der Waals surface area contributed by atoms with Crippen molar-refractivity contribution in [2.75, 3.05) is 20.3 Å². The van der Waals surface area contributed by atoms with Crippen LogP contribution in [0.25, 0.3) is 0 Å². The lowest BCUT2D eigenvalue weighted by Gasteiger charge is -2.18. The molecule has 0 spiro atoms. The van der Waals surface area contributed by atoms with Gasteiger partial charge < -0.3 is 10.1 Å². The van der Waals surface area contributed by atoms with E-state index in [1.165, 1.54) is 0 Å². The first-order valence-corrected chi connectivity index (χ1v) is 5.72. The number of benzene rings is 1. The molecule has 1 aromatic carbocycles. The summed E-state index contributed by atoms with van der Waals surface area (Å²) in [5.41, 5.74) is 3.11. The Kier molecular flexibility index (Phi) is 5.16. The van der Waals surface area contributed by atoms with Crippen LogP contribution < -0.4 is 5.32 Å². The van der Waals surface area contributed by atoms with Gasteiger partial charge in [0.2, 0.25) is 0 Å². The van der Waals surface area contributed by atoms with Crippen LogP contribution in [0, 0.1) is 13.8 Å². The van der Waals surface area contributed by atoms with Crippen molar-refractivity contribution in [1.82, 2.24) is 5.32 Å². The zero-order valence-corrected chi connectivity index (χ0v) is 10.8. The highest BCUT2D eigenvalue weighted by molar-refractivity contribution is 5.30. The van der Waals surface area contributed by atoms with Crippen LogP contribution in [0.4, 0.5) is 13.2 Å². The van der Waals surface area contributed by atoms with Crippen molar-refractivity contribution < 1.29 is 17.9 Å². The molecule has 0 radical (unpaired) electrons. The zero-order valence-electron chi connectivity index (χ0n) is 10.8. The second-order valence-corrected chi connectivity index (χ2v) is 4.39. The van der Waals surface area contributed by atoms with Gasteiger partial charge in [-0.1, -0.05) is 29.3 Å². The molecule has 1 aromatic rings. The topological polar surface area (TPSA) is 21.3 Å². The van der Waals surface area contributed by atoms with Crippen LogP contribution in [0.15, 0.2) is 18.2 Å². The van der Waals surface area contributed by atoms with Gasteiger partial charge in [0.05, 0.1) is 12.6 Å². The van der Waals surface area contributed by atoms with Crippen LogP contribution in [0.3, 0.4) is 0 Å². The predicted octanol–water partition coefficient (Wildman–Crippen LogP) is 3.14. The maximum absolute atomic E-state index is 12.0. The molecule has 0 saturated heterocycles. The van der Waals surface area contributed by atoms with Crippen molar-refractivity contribution in [3.63, 3.8) is 0 Å². The molecule has 1 rings (SSSR count). The van der Waals surface area contributed by atoms with Crippen molar-refractivity contribution in [1.29, 1.82) is 0 Å². The lowest BCUT2D eigenvalue weighted by molar-refractivity contribution is -0.175. The molecule has 0 aliphatic heterocycles. The molecular formula is C13H18F3NO. The minimum absolute atomic E-state index is 0.00109. The van der Waals surface area contributed by atoms with E-state index in [2.05, 4.69) is 5.32 Å². The zero-order chi connectivity index (χ0) is 13.8. The van der Waals surface area contributed by atoms with Gasteiger partial charge in [-0.3, -0.25) is 0 Å². The lowest BCUT2D eigenvalue weighted by Crippen LogP contribution is -2.25. The number of aryl methyl sites for hydroxylation is 2. The minimum atomic E-state index is -4.28. The van der Waals surface area contributed by atoms with Gasteiger partial charge in [-0.15, -0.1) is 0 Å². The first-order valence-electron chi connectivity index (χ1n) is 5.72. The average Bonchev–Trinajstić information content (AvgIpc) is 2.21. The smallest absolute Gasteiger partial charge is 0.370 e. The Morgan fingerprint density at radius 3 is 2.17 bits per heavy atom. The van der Waals surface area contributed by atoms with Crippen LogP contribution in [-0.4, -0.2) is 26.4 Å². The Labute approximate surface area is 105 Å². The number of rotatable bonds is 5. The summed E-state index contributed by atoms with van der Waals surface area (Å²) < 4.78 is 40.7. The number of halogens is 3. The summed E-state index contributed by atoms with van der Waals surface area (Å²) in [5, 5.41) is 2.97. The SMILES string of the molecule is CNC(COCC(F)(F)F)c1cc(C)cc(C)c1. The fourth-order valence-electron chi connectivity index (χ4n) is 1.85. The quantitative estimate of drug-likeness (QED) is 0.879. The number of hydrogen-bond donors (Lipinski definition) is 1. The molecule has 1 unspecified atom stereocenters. The molecular weight excluding hydrogens is 243 g/mol. The molecule has 0 aliphatic carbocycles. The molecule has 0 amide bonds. The molecule has 18 heavy (non-hydrogen) atoms. The molecule has 2 nitrogen and oxygen atoms in total. The molecule has 0 aromatic heterocycles. The third kappa shape index (κ3) is 5.06. The Morgan fingerprint density at radius 2 is 1.72 bits per heavy atom. The maximum Gasteiger partial charge on any atom is 0.411 e. The Bertz CT molecular complexity index is 370. The van der Waals surface area contributed by atoms with Crippen LogP contribution >= 0.6 is 0 Å². The third-order valence-corrected chi connectivity index (χ3v) is 2.55. The highest BCUT2D eigenvalue weighted by Crippen LogP contribution is 2.19. The van der Waals surface area contributed by atoms with E-state index in [9.17, 15) is 13.2 Å². The molecule has 0 bridgehead atoms. The van der Waals surface area contributed by atoms with E-state index < -0.39 is 12.8 Å². The molecule has 0 heterocycles. The largest absolute Gasteiger partial charge is 0.411 e. The van der Waals surface area contributed by atoms with E-state index in [1.807, 2.05) is 32.0 Å². The maximum atomic E-state index is 12.0. The van der Waals surface area contributed by atoms with Gasteiger partial charge in [0.25, 0.3) is 0 Å². The highest BCUT2D eigenvalue weighted by Gasteiger charge is 2.28. The summed E-state index contributed by atoms with van der Waals surface area (Å²) in [4.78, 5) is 0. The second kappa shape index (κ2) is 6.20. The summed E-state index contributed by atoms with van der Waals surface area (Å²) in [7, 11) is 1.71. The first kappa shape index (κ1) is 15.0. The summed E-state index contributed by atoms with van der Waals surface area (Å²) in [6.07, 6.45) is -4.28. The lowest BCUT2D eigenvalue weighted by atomic mass is 10.0. The van der Waals surface area contributed by atoms with Gasteiger partial charge in [-0.25, -0.2) is 0 Å². The van der Waals surface area contributed by atoms with Gasteiger partial charge in [0.1, 0.15) is 6.61 Å². The second-order valence-electron chi connectivity index (χ2n) is 4.39. The van der Waals surface area contributed by atoms with Gasteiger partial charge >= 0.3 is 6.18 Å². The summed E-state index contributed by atoms with van der Waals surface area (Å²) in [6, 6.07) is 5.69. The standard InChI is InChI=1S/C13H18F3NO/c1-9-4-10(2)6-11(5-9)12(17-3)7-18-8-13(14,15)16/h4-6,12,17H,7-8H2,1-3H3. The Morgan fingerprint density at radius 1 is 1.17 bits per heavy atom. The summed E-state index contributed by atoms with van der Waals surface area (Å²) in [5.74, 6) is 0. The first-order chi connectivity index (χ1) is 8.31. The van der Waals surface area contributed by atoms with Crippen molar-refractivity contribution in [2.24, 2.45) is 0 Å². The van der Waals surface area contributed by atoms with E-state index in [0.29, 0.717) is 0 Å². The van der Waals surface area contributed by atoms with Gasteiger partial charge in [0.15, 0.2) is 0 Å². The molecule has 1 atom stereocenters. The molecule has 0 fully saturated rings. The normalized spacial score (nSPS) is 13.7. The summed E-state index contributed by atoms with van der Waals surface area (Å²) in [6.45, 7) is 2.70. The van der Waals surface area contributed by atoms with Gasteiger partial charge in [-0.05, 0) is 26.5 Å². The van der Waals surface area contributed by atoms with E-state index in [4.69, 9.17) is 4.74 Å².